The average molecular weight is 383 g/mol. The van der Waals surface area contributed by atoms with Crippen molar-refractivity contribution in [2.45, 2.75) is 26.0 Å². The summed E-state index contributed by atoms with van der Waals surface area (Å²) in [6.07, 6.45) is 0.785. The van der Waals surface area contributed by atoms with Gasteiger partial charge in [0.05, 0.1) is 38.2 Å². The second-order valence-corrected chi connectivity index (χ2v) is 7.00. The van der Waals surface area contributed by atoms with Gasteiger partial charge in [-0.1, -0.05) is 0 Å². The van der Waals surface area contributed by atoms with E-state index in [-0.39, 0.29) is 12.1 Å². The van der Waals surface area contributed by atoms with E-state index < -0.39 is 0 Å². The largest absolute Gasteiger partial charge is 0.377 e. The van der Waals surface area contributed by atoms with Crippen molar-refractivity contribution in [1.29, 1.82) is 0 Å². The van der Waals surface area contributed by atoms with E-state index >= 15 is 0 Å². The minimum atomic E-state index is -0.249. The minimum absolute atomic E-state index is 0.249. The molecule has 2 aliphatic heterocycles. The highest BCUT2D eigenvalue weighted by Gasteiger charge is 2.27. The van der Waals surface area contributed by atoms with E-state index in [0.717, 1.165) is 41.3 Å². The number of fused-ring (bicyclic) bond motifs is 1. The molecule has 28 heavy (non-hydrogen) atoms. The van der Waals surface area contributed by atoms with Crippen molar-refractivity contribution in [2.75, 3.05) is 43.6 Å². The molecule has 1 atom stereocenters. The third-order valence-corrected chi connectivity index (χ3v) is 5.07. The number of hydrogen-bond acceptors (Lipinski definition) is 6. The fourth-order valence-electron chi connectivity index (χ4n) is 3.52. The van der Waals surface area contributed by atoms with Crippen LogP contribution in [-0.2, 0) is 22.5 Å². The van der Waals surface area contributed by atoms with E-state index in [9.17, 15) is 4.79 Å². The van der Waals surface area contributed by atoms with Crippen molar-refractivity contribution in [3.8, 4) is 11.4 Å². The number of nitrogens with one attached hydrogen (secondary N) is 2. The van der Waals surface area contributed by atoms with Crippen LogP contribution < -0.4 is 15.5 Å². The van der Waals surface area contributed by atoms with Crippen LogP contribution in [0.2, 0.25) is 0 Å². The molecule has 0 aliphatic carbocycles. The molecule has 0 bridgehead atoms. The molecule has 0 saturated carbocycles. The summed E-state index contributed by atoms with van der Waals surface area (Å²) in [5.74, 6) is 1.64. The molecule has 1 aromatic heterocycles. The number of hydrogen-bond donors (Lipinski definition) is 2. The van der Waals surface area contributed by atoms with Gasteiger partial charge in [-0.2, -0.15) is 0 Å². The summed E-state index contributed by atoms with van der Waals surface area (Å²) >= 11 is 0. The van der Waals surface area contributed by atoms with Crippen LogP contribution in [0, 0.1) is 0 Å². The lowest BCUT2D eigenvalue weighted by Crippen LogP contribution is -2.45. The zero-order valence-electron chi connectivity index (χ0n) is 16.2. The number of amides is 2. The average Bonchev–Trinajstić information content (AvgIpc) is 2.74. The first kappa shape index (κ1) is 18.6. The van der Waals surface area contributed by atoms with Crippen molar-refractivity contribution in [3.05, 3.63) is 35.5 Å². The molecular formula is C20H25N5O3. The smallest absolute Gasteiger partial charge is 0.318 e. The molecule has 8 nitrogen and oxygen atoms in total. The van der Waals surface area contributed by atoms with Crippen LogP contribution in [0.25, 0.3) is 11.4 Å². The fourth-order valence-corrected chi connectivity index (χ4v) is 3.52. The number of rotatable bonds is 3. The van der Waals surface area contributed by atoms with Gasteiger partial charge in [0.2, 0.25) is 0 Å². The predicted octanol–water partition coefficient (Wildman–Crippen LogP) is 2.19. The van der Waals surface area contributed by atoms with Crippen molar-refractivity contribution in [3.63, 3.8) is 0 Å². The highest BCUT2D eigenvalue weighted by Crippen LogP contribution is 2.31. The summed E-state index contributed by atoms with van der Waals surface area (Å²) in [6, 6.07) is 7.57. The molecule has 1 aromatic carbocycles. The Hall–Kier alpha value is -2.71. The molecule has 0 spiro atoms. The first-order valence-electron chi connectivity index (χ1n) is 9.57. The van der Waals surface area contributed by atoms with E-state index in [1.807, 2.05) is 24.3 Å². The highest BCUT2D eigenvalue weighted by molar-refractivity contribution is 5.89. The molecule has 148 valence electrons. The van der Waals surface area contributed by atoms with Crippen molar-refractivity contribution in [2.24, 2.45) is 0 Å². The fraction of sp³-hybridized carbons (Fsp3) is 0.450. The van der Waals surface area contributed by atoms with Crippen LogP contribution in [0.15, 0.2) is 24.3 Å². The summed E-state index contributed by atoms with van der Waals surface area (Å²) < 4.78 is 11.3. The van der Waals surface area contributed by atoms with Gasteiger partial charge in [0, 0.05) is 36.8 Å². The number of urea groups is 1. The van der Waals surface area contributed by atoms with Crippen molar-refractivity contribution >= 4 is 17.5 Å². The summed E-state index contributed by atoms with van der Waals surface area (Å²) in [7, 11) is 1.59. The molecule has 8 heteroatoms. The van der Waals surface area contributed by atoms with Gasteiger partial charge in [0.25, 0.3) is 0 Å². The lowest BCUT2D eigenvalue weighted by Gasteiger charge is -2.36. The minimum Gasteiger partial charge on any atom is -0.377 e. The van der Waals surface area contributed by atoms with Gasteiger partial charge in [0.1, 0.15) is 5.82 Å². The quantitative estimate of drug-likeness (QED) is 0.845. The number of carbonyl (C=O) groups is 1. The molecular weight excluding hydrogens is 358 g/mol. The van der Waals surface area contributed by atoms with Crippen LogP contribution >= 0.6 is 0 Å². The highest BCUT2D eigenvalue weighted by atomic mass is 16.5. The van der Waals surface area contributed by atoms with E-state index in [1.54, 1.807) is 7.05 Å². The Bertz CT molecular complexity index is 856. The zero-order chi connectivity index (χ0) is 19.5. The maximum absolute atomic E-state index is 11.5. The van der Waals surface area contributed by atoms with Crippen LogP contribution in [0.3, 0.4) is 0 Å². The van der Waals surface area contributed by atoms with Gasteiger partial charge in [0.15, 0.2) is 5.82 Å². The lowest BCUT2D eigenvalue weighted by molar-refractivity contribution is 0.0952. The molecule has 2 aromatic rings. The molecule has 0 radical (unpaired) electrons. The molecule has 3 heterocycles. The maximum atomic E-state index is 11.5. The van der Waals surface area contributed by atoms with Gasteiger partial charge in [-0.05, 0) is 31.2 Å². The SMILES string of the molecule is CNC(=O)Nc1ccc(-c2nc3c(c(N4CCOC[C@@H]4C)n2)COCC3)cc1. The summed E-state index contributed by atoms with van der Waals surface area (Å²) in [6.45, 7) is 5.56. The molecule has 1 fully saturated rings. The molecule has 2 N–H and O–H groups in total. The molecule has 0 unspecified atom stereocenters. The summed E-state index contributed by atoms with van der Waals surface area (Å²) in [5, 5.41) is 5.30. The lowest BCUT2D eigenvalue weighted by atomic mass is 10.1. The van der Waals surface area contributed by atoms with Crippen LogP contribution in [-0.4, -0.2) is 55.5 Å². The first-order chi connectivity index (χ1) is 13.7. The number of carbonyl (C=O) groups excluding carboxylic acids is 1. The topological polar surface area (TPSA) is 88.6 Å². The van der Waals surface area contributed by atoms with Gasteiger partial charge in [-0.3, -0.25) is 0 Å². The van der Waals surface area contributed by atoms with E-state index in [0.29, 0.717) is 32.3 Å². The van der Waals surface area contributed by atoms with Gasteiger partial charge >= 0.3 is 6.03 Å². The van der Waals surface area contributed by atoms with Gasteiger partial charge in [-0.25, -0.2) is 14.8 Å². The molecule has 2 aliphatic rings. The predicted molar refractivity (Wildman–Crippen MR) is 107 cm³/mol. The maximum Gasteiger partial charge on any atom is 0.318 e. The Kier molecular flexibility index (Phi) is 5.40. The normalized spacial score (nSPS) is 19.1. The monoisotopic (exact) mass is 383 g/mol. The van der Waals surface area contributed by atoms with Crippen LogP contribution in [0.5, 0.6) is 0 Å². The second-order valence-electron chi connectivity index (χ2n) is 7.00. The second kappa shape index (κ2) is 8.12. The van der Waals surface area contributed by atoms with Crippen LogP contribution in [0.4, 0.5) is 16.3 Å². The van der Waals surface area contributed by atoms with Crippen molar-refractivity contribution < 1.29 is 14.3 Å². The first-order valence-corrected chi connectivity index (χ1v) is 9.57. The number of benzene rings is 1. The number of aromatic nitrogens is 2. The Balaban J connectivity index is 1.69. The van der Waals surface area contributed by atoms with Crippen molar-refractivity contribution in [1.82, 2.24) is 15.3 Å². The molecule has 2 amide bonds. The van der Waals surface area contributed by atoms with E-state index in [4.69, 9.17) is 19.4 Å². The Morgan fingerprint density at radius 3 is 2.75 bits per heavy atom. The van der Waals surface area contributed by atoms with Gasteiger partial charge in [-0.15, -0.1) is 0 Å². The summed E-state index contributed by atoms with van der Waals surface area (Å²) in [4.78, 5) is 23.5. The summed E-state index contributed by atoms with van der Waals surface area (Å²) in [5.41, 5.74) is 3.77. The third kappa shape index (κ3) is 3.79. The number of anilines is 2. The number of nitrogens with zero attached hydrogens (tertiary/aromatic N) is 3. The Morgan fingerprint density at radius 1 is 1.18 bits per heavy atom. The molecule has 1 saturated heterocycles. The molecule has 4 rings (SSSR count). The number of ether oxygens (including phenoxy) is 2. The Labute approximate surface area is 164 Å². The third-order valence-electron chi connectivity index (χ3n) is 5.07. The van der Waals surface area contributed by atoms with Gasteiger partial charge < -0.3 is 25.0 Å². The zero-order valence-corrected chi connectivity index (χ0v) is 16.2. The van der Waals surface area contributed by atoms with Crippen LogP contribution in [0.1, 0.15) is 18.2 Å². The Morgan fingerprint density at radius 2 is 2.00 bits per heavy atom. The standard InChI is InChI=1S/C20H25N5O3/c1-13-11-28-10-8-25(13)19-16-12-27-9-7-17(16)23-18(24-19)14-3-5-15(6-4-14)22-20(26)21-2/h3-6,13H,7-12H2,1-2H3,(H2,21,22,26)/t13-/m0/s1. The number of morpholine rings is 1. The van der Waals surface area contributed by atoms with E-state index in [2.05, 4.69) is 22.5 Å². The van der Waals surface area contributed by atoms with E-state index in [1.165, 1.54) is 0 Å².